The molecule has 0 unspecified atom stereocenters. The first kappa shape index (κ1) is 22.1. The van der Waals surface area contributed by atoms with Crippen molar-refractivity contribution >= 4 is 23.2 Å². The Hall–Kier alpha value is -3.60. The molecule has 0 fully saturated rings. The van der Waals surface area contributed by atoms with Crippen molar-refractivity contribution in [2.45, 2.75) is 40.7 Å². The third-order valence-electron chi connectivity index (χ3n) is 5.12. The molecule has 0 saturated heterocycles. The molecule has 0 saturated carbocycles. The highest BCUT2D eigenvalue weighted by molar-refractivity contribution is 6.04. The maximum absolute atomic E-state index is 12.6. The van der Waals surface area contributed by atoms with E-state index in [0.717, 1.165) is 33.6 Å². The lowest BCUT2D eigenvalue weighted by atomic mass is 10.0. The van der Waals surface area contributed by atoms with E-state index in [0.29, 0.717) is 11.3 Å². The summed E-state index contributed by atoms with van der Waals surface area (Å²) in [6.07, 6.45) is -0.688. The predicted molar refractivity (Wildman–Crippen MR) is 125 cm³/mol. The van der Waals surface area contributed by atoms with Gasteiger partial charge in [-0.15, -0.1) is 0 Å². The number of rotatable bonds is 6. The van der Waals surface area contributed by atoms with Gasteiger partial charge >= 0.3 is 0 Å². The van der Waals surface area contributed by atoms with E-state index < -0.39 is 6.10 Å². The highest BCUT2D eigenvalue weighted by Crippen LogP contribution is 2.23. The molecule has 0 aliphatic carbocycles. The van der Waals surface area contributed by atoms with Crippen molar-refractivity contribution < 1.29 is 14.3 Å². The molecule has 2 N–H and O–H groups in total. The standard InChI is InChI=1S/C26H28N2O3/c1-16-14-18(3)24(19(4)15-16)28-25(29)20(5)31-22-12-10-21(11-13-22)26(30)27-23-9-7-6-8-17(23)2/h6-15,20H,1-5H3,(H,27,30)(H,28,29)/t20-/m0/s1. The Bertz CT molecular complexity index is 1080. The number of ether oxygens (including phenoxy) is 1. The molecule has 0 heterocycles. The minimum atomic E-state index is -0.688. The van der Waals surface area contributed by atoms with Crippen LogP contribution in [0.1, 0.15) is 39.5 Å². The molecule has 0 spiro atoms. The monoisotopic (exact) mass is 416 g/mol. The van der Waals surface area contributed by atoms with Gasteiger partial charge in [-0.25, -0.2) is 0 Å². The number of carbonyl (C=O) groups excluding carboxylic acids is 2. The Balaban J connectivity index is 1.62. The summed E-state index contributed by atoms with van der Waals surface area (Å²) in [5.74, 6) is 0.0980. The van der Waals surface area contributed by atoms with E-state index in [9.17, 15) is 9.59 Å². The molecular formula is C26H28N2O3. The molecule has 31 heavy (non-hydrogen) atoms. The Morgan fingerprint density at radius 1 is 0.806 bits per heavy atom. The lowest BCUT2D eigenvalue weighted by Gasteiger charge is -2.18. The minimum Gasteiger partial charge on any atom is -0.481 e. The van der Waals surface area contributed by atoms with Gasteiger partial charge in [-0.1, -0.05) is 35.9 Å². The largest absolute Gasteiger partial charge is 0.481 e. The molecule has 0 aliphatic heterocycles. The Labute approximate surface area is 183 Å². The molecule has 0 bridgehead atoms. The lowest BCUT2D eigenvalue weighted by molar-refractivity contribution is -0.122. The number of anilines is 2. The third-order valence-corrected chi connectivity index (χ3v) is 5.12. The fraction of sp³-hybridized carbons (Fsp3) is 0.231. The number of hydrogen-bond donors (Lipinski definition) is 2. The molecule has 5 heteroatoms. The molecule has 1 atom stereocenters. The van der Waals surface area contributed by atoms with Crippen LogP contribution >= 0.6 is 0 Å². The van der Waals surface area contributed by atoms with Gasteiger partial charge in [0.2, 0.25) is 0 Å². The van der Waals surface area contributed by atoms with Gasteiger partial charge in [-0.2, -0.15) is 0 Å². The number of para-hydroxylation sites is 1. The molecule has 3 aromatic rings. The third kappa shape index (κ3) is 5.51. The van der Waals surface area contributed by atoms with Gasteiger partial charge in [0, 0.05) is 16.9 Å². The molecule has 160 valence electrons. The van der Waals surface area contributed by atoms with E-state index >= 15 is 0 Å². The van der Waals surface area contributed by atoms with E-state index in [-0.39, 0.29) is 11.8 Å². The Morgan fingerprint density at radius 3 is 2.03 bits per heavy atom. The maximum atomic E-state index is 12.6. The molecule has 0 radical (unpaired) electrons. The summed E-state index contributed by atoms with van der Waals surface area (Å²) in [5, 5.41) is 5.86. The number of amides is 2. The molecule has 2 amide bonds. The zero-order valence-corrected chi connectivity index (χ0v) is 18.6. The summed E-state index contributed by atoms with van der Waals surface area (Å²) in [6, 6.07) is 18.4. The molecule has 3 rings (SSSR count). The van der Waals surface area contributed by atoms with E-state index in [1.165, 1.54) is 0 Å². The van der Waals surface area contributed by atoms with Crippen LogP contribution in [0.25, 0.3) is 0 Å². The highest BCUT2D eigenvalue weighted by atomic mass is 16.5. The van der Waals surface area contributed by atoms with Gasteiger partial charge in [0.05, 0.1) is 0 Å². The quantitative estimate of drug-likeness (QED) is 0.551. The summed E-state index contributed by atoms with van der Waals surface area (Å²) < 4.78 is 5.78. The fourth-order valence-electron chi connectivity index (χ4n) is 3.45. The van der Waals surface area contributed by atoms with Crippen molar-refractivity contribution in [1.82, 2.24) is 0 Å². The fourth-order valence-corrected chi connectivity index (χ4v) is 3.45. The summed E-state index contributed by atoms with van der Waals surface area (Å²) >= 11 is 0. The van der Waals surface area contributed by atoms with Crippen molar-refractivity contribution in [2.24, 2.45) is 0 Å². The molecule has 0 aromatic heterocycles. The van der Waals surface area contributed by atoms with Gasteiger partial charge in [0.25, 0.3) is 11.8 Å². The Kier molecular flexibility index (Phi) is 6.75. The molecule has 3 aromatic carbocycles. The summed E-state index contributed by atoms with van der Waals surface area (Å²) in [7, 11) is 0. The number of carbonyl (C=O) groups is 2. The van der Waals surface area contributed by atoms with Gasteiger partial charge in [0.1, 0.15) is 5.75 Å². The van der Waals surface area contributed by atoms with Crippen molar-refractivity contribution in [3.63, 3.8) is 0 Å². The van der Waals surface area contributed by atoms with Gasteiger partial charge in [0.15, 0.2) is 6.10 Å². The van der Waals surface area contributed by atoms with E-state index in [2.05, 4.69) is 10.6 Å². The summed E-state index contributed by atoms with van der Waals surface area (Å²) in [5.41, 5.74) is 6.29. The maximum Gasteiger partial charge on any atom is 0.265 e. The van der Waals surface area contributed by atoms with Crippen molar-refractivity contribution in [1.29, 1.82) is 0 Å². The molecule has 5 nitrogen and oxygen atoms in total. The second-order valence-electron chi connectivity index (χ2n) is 7.82. The number of aryl methyl sites for hydroxylation is 4. The van der Waals surface area contributed by atoms with Gasteiger partial charge in [-0.3, -0.25) is 9.59 Å². The summed E-state index contributed by atoms with van der Waals surface area (Å²) in [6.45, 7) is 9.62. The lowest BCUT2D eigenvalue weighted by Crippen LogP contribution is -2.30. The van der Waals surface area contributed by atoms with Crippen LogP contribution in [0, 0.1) is 27.7 Å². The highest BCUT2D eigenvalue weighted by Gasteiger charge is 2.17. The van der Waals surface area contributed by atoms with Crippen LogP contribution < -0.4 is 15.4 Å². The SMILES string of the molecule is Cc1cc(C)c(NC(=O)[C@H](C)Oc2ccc(C(=O)Nc3ccccc3C)cc2)c(C)c1. The first-order valence-corrected chi connectivity index (χ1v) is 10.3. The number of nitrogens with one attached hydrogen (secondary N) is 2. The molecule has 0 aliphatic rings. The van der Waals surface area contributed by atoms with E-state index in [1.54, 1.807) is 31.2 Å². The minimum absolute atomic E-state index is 0.197. The van der Waals surface area contributed by atoms with Crippen LogP contribution in [0.4, 0.5) is 11.4 Å². The van der Waals surface area contributed by atoms with Gasteiger partial charge < -0.3 is 15.4 Å². The number of benzene rings is 3. The van der Waals surface area contributed by atoms with Crippen LogP contribution in [-0.2, 0) is 4.79 Å². The van der Waals surface area contributed by atoms with E-state index in [4.69, 9.17) is 4.74 Å². The smallest absolute Gasteiger partial charge is 0.265 e. The molecular weight excluding hydrogens is 388 g/mol. The Morgan fingerprint density at radius 2 is 1.42 bits per heavy atom. The van der Waals surface area contributed by atoms with Crippen molar-refractivity contribution in [3.05, 3.63) is 88.5 Å². The van der Waals surface area contributed by atoms with E-state index in [1.807, 2.05) is 64.1 Å². The van der Waals surface area contributed by atoms with Crippen LogP contribution in [0.3, 0.4) is 0 Å². The topological polar surface area (TPSA) is 67.4 Å². The normalized spacial score (nSPS) is 11.5. The van der Waals surface area contributed by atoms with Crippen LogP contribution in [0.2, 0.25) is 0 Å². The first-order chi connectivity index (χ1) is 14.7. The zero-order chi connectivity index (χ0) is 22.5. The first-order valence-electron chi connectivity index (χ1n) is 10.3. The second kappa shape index (κ2) is 9.47. The number of hydrogen-bond acceptors (Lipinski definition) is 3. The van der Waals surface area contributed by atoms with Crippen molar-refractivity contribution in [3.8, 4) is 5.75 Å². The van der Waals surface area contributed by atoms with Crippen LogP contribution in [0.15, 0.2) is 60.7 Å². The zero-order valence-electron chi connectivity index (χ0n) is 18.6. The average Bonchev–Trinajstić information content (AvgIpc) is 2.72. The average molecular weight is 417 g/mol. The predicted octanol–water partition coefficient (Wildman–Crippen LogP) is 5.58. The van der Waals surface area contributed by atoms with Gasteiger partial charge in [-0.05, 0) is 81.6 Å². The van der Waals surface area contributed by atoms with Crippen LogP contribution in [0.5, 0.6) is 5.75 Å². The second-order valence-corrected chi connectivity index (χ2v) is 7.82. The van der Waals surface area contributed by atoms with Crippen LogP contribution in [-0.4, -0.2) is 17.9 Å². The summed E-state index contributed by atoms with van der Waals surface area (Å²) in [4.78, 5) is 25.1. The van der Waals surface area contributed by atoms with Crippen molar-refractivity contribution in [2.75, 3.05) is 10.6 Å².